The Hall–Kier alpha value is 0.210. The van der Waals surface area contributed by atoms with E-state index in [9.17, 15) is 0 Å². The highest BCUT2D eigenvalue weighted by atomic mass is 35.5. The van der Waals surface area contributed by atoms with Gasteiger partial charge in [-0.2, -0.15) is 0 Å². The minimum Gasteiger partial charge on any atom is -0.389 e. The molecule has 2 nitrogen and oxygen atoms in total. The second kappa shape index (κ2) is 5.03. The zero-order chi connectivity index (χ0) is 7.28. The van der Waals surface area contributed by atoms with Crippen molar-refractivity contribution < 1.29 is 9.84 Å². The maximum Gasteiger partial charge on any atom is 0.156 e. The predicted molar refractivity (Wildman–Crippen MR) is 37.6 cm³/mol. The van der Waals surface area contributed by atoms with Crippen LogP contribution in [0.4, 0.5) is 0 Å². The van der Waals surface area contributed by atoms with E-state index >= 15 is 0 Å². The first-order valence-electron chi connectivity index (χ1n) is 3.12. The fourth-order valence-electron chi connectivity index (χ4n) is 0.370. The lowest BCUT2D eigenvalue weighted by molar-refractivity contribution is 0.0191. The van der Waals surface area contributed by atoms with Crippen molar-refractivity contribution in [2.75, 3.05) is 6.61 Å². The highest BCUT2D eigenvalue weighted by molar-refractivity contribution is 6.20. The molecule has 0 amide bonds. The summed E-state index contributed by atoms with van der Waals surface area (Å²) in [6.07, 6.45) is 0.342. The van der Waals surface area contributed by atoms with Gasteiger partial charge in [0.1, 0.15) is 0 Å². The minimum atomic E-state index is -0.585. The number of hydrogen-bond donors (Lipinski definition) is 1. The SMILES string of the molecule is CCCOC(Cl)C(C)O. The van der Waals surface area contributed by atoms with Crippen LogP contribution in [0.3, 0.4) is 0 Å². The van der Waals surface area contributed by atoms with Gasteiger partial charge in [0, 0.05) is 6.61 Å². The lowest BCUT2D eigenvalue weighted by atomic mass is 10.4. The summed E-state index contributed by atoms with van der Waals surface area (Å²) in [4.78, 5) is 0. The molecule has 9 heavy (non-hydrogen) atoms. The van der Waals surface area contributed by atoms with Crippen LogP contribution in [0, 0.1) is 0 Å². The summed E-state index contributed by atoms with van der Waals surface area (Å²) in [5, 5.41) is 8.79. The van der Waals surface area contributed by atoms with Crippen molar-refractivity contribution in [1.82, 2.24) is 0 Å². The molecule has 0 aromatic rings. The molecule has 0 saturated heterocycles. The Labute approximate surface area is 60.8 Å². The van der Waals surface area contributed by atoms with Crippen molar-refractivity contribution in [3.8, 4) is 0 Å². The highest BCUT2D eigenvalue weighted by Crippen LogP contribution is 2.03. The number of halogens is 1. The maximum atomic E-state index is 8.79. The molecule has 1 N–H and O–H groups in total. The van der Waals surface area contributed by atoms with E-state index in [1.807, 2.05) is 6.92 Å². The molecule has 0 saturated carbocycles. The number of hydrogen-bond acceptors (Lipinski definition) is 2. The van der Waals surface area contributed by atoms with Crippen LogP contribution in [0.5, 0.6) is 0 Å². The lowest BCUT2D eigenvalue weighted by Gasteiger charge is -2.11. The van der Waals surface area contributed by atoms with Gasteiger partial charge in [-0.25, -0.2) is 0 Å². The molecular weight excluding hydrogens is 140 g/mol. The summed E-state index contributed by atoms with van der Waals surface area (Å²) < 4.78 is 4.97. The third-order valence-corrected chi connectivity index (χ3v) is 1.35. The molecule has 0 heterocycles. The Bertz CT molecular complexity index is 66.1. The molecule has 0 aromatic carbocycles. The molecule has 0 rings (SSSR count). The molecule has 3 heteroatoms. The van der Waals surface area contributed by atoms with E-state index in [2.05, 4.69) is 0 Å². The minimum absolute atomic E-state index is 0.551. The number of aliphatic hydroxyl groups excluding tert-OH is 1. The lowest BCUT2D eigenvalue weighted by Crippen LogP contribution is -2.20. The molecule has 0 bridgehead atoms. The van der Waals surface area contributed by atoms with Gasteiger partial charge in [-0.05, 0) is 13.3 Å². The van der Waals surface area contributed by atoms with Crippen molar-refractivity contribution >= 4 is 11.6 Å². The molecule has 0 spiro atoms. The number of alkyl halides is 1. The van der Waals surface area contributed by atoms with E-state index in [0.717, 1.165) is 6.42 Å². The molecule has 2 unspecified atom stereocenters. The molecule has 56 valence electrons. The first kappa shape index (κ1) is 9.21. The molecular formula is C6H13ClO2. The van der Waals surface area contributed by atoms with Gasteiger partial charge < -0.3 is 9.84 Å². The van der Waals surface area contributed by atoms with Crippen molar-refractivity contribution in [3.05, 3.63) is 0 Å². The van der Waals surface area contributed by atoms with Crippen molar-refractivity contribution in [1.29, 1.82) is 0 Å². The van der Waals surface area contributed by atoms with Crippen LogP contribution in [0.15, 0.2) is 0 Å². The monoisotopic (exact) mass is 152 g/mol. The standard InChI is InChI=1S/C6H13ClO2/c1-3-4-9-6(7)5(2)8/h5-6,8H,3-4H2,1-2H3. The molecule has 2 atom stereocenters. The fourth-order valence-corrected chi connectivity index (χ4v) is 0.459. The van der Waals surface area contributed by atoms with E-state index in [0.29, 0.717) is 6.61 Å². The van der Waals surface area contributed by atoms with Gasteiger partial charge in [0.25, 0.3) is 0 Å². The van der Waals surface area contributed by atoms with Gasteiger partial charge in [-0.1, -0.05) is 18.5 Å². The summed E-state index contributed by atoms with van der Waals surface area (Å²) in [7, 11) is 0. The van der Waals surface area contributed by atoms with Crippen LogP contribution < -0.4 is 0 Å². The van der Waals surface area contributed by atoms with Gasteiger partial charge in [0.2, 0.25) is 0 Å². The summed E-state index contributed by atoms with van der Waals surface area (Å²) in [5.74, 6) is 0. The van der Waals surface area contributed by atoms with E-state index in [1.54, 1.807) is 6.92 Å². The van der Waals surface area contributed by atoms with Crippen LogP contribution in [0.25, 0.3) is 0 Å². The molecule has 0 aliphatic rings. The van der Waals surface area contributed by atoms with E-state index in [-0.39, 0.29) is 0 Å². The topological polar surface area (TPSA) is 29.5 Å². The van der Waals surface area contributed by atoms with Crippen molar-refractivity contribution in [2.45, 2.75) is 31.9 Å². The Kier molecular flexibility index (Phi) is 5.15. The summed E-state index contributed by atoms with van der Waals surface area (Å²) in [5.41, 5.74) is -0.551. The Morgan fingerprint density at radius 1 is 1.67 bits per heavy atom. The maximum absolute atomic E-state index is 8.79. The van der Waals surface area contributed by atoms with Crippen LogP contribution in [0.2, 0.25) is 0 Å². The van der Waals surface area contributed by atoms with Crippen LogP contribution in [-0.2, 0) is 4.74 Å². The number of rotatable bonds is 4. The first-order valence-corrected chi connectivity index (χ1v) is 3.56. The summed E-state index contributed by atoms with van der Waals surface area (Å²) >= 11 is 5.52. The highest BCUT2D eigenvalue weighted by Gasteiger charge is 2.09. The van der Waals surface area contributed by atoms with Gasteiger partial charge >= 0.3 is 0 Å². The smallest absolute Gasteiger partial charge is 0.156 e. The van der Waals surface area contributed by atoms with Gasteiger partial charge in [-0.15, -0.1) is 0 Å². The fraction of sp³-hybridized carbons (Fsp3) is 1.00. The average Bonchev–Trinajstić information content (AvgIpc) is 1.82. The molecule has 0 fully saturated rings. The molecule has 0 radical (unpaired) electrons. The Morgan fingerprint density at radius 3 is 2.56 bits per heavy atom. The zero-order valence-corrected chi connectivity index (χ0v) is 6.56. The zero-order valence-electron chi connectivity index (χ0n) is 5.80. The average molecular weight is 153 g/mol. The van der Waals surface area contributed by atoms with Gasteiger partial charge in [0.15, 0.2) is 5.56 Å². The van der Waals surface area contributed by atoms with Crippen molar-refractivity contribution in [3.63, 3.8) is 0 Å². The van der Waals surface area contributed by atoms with Crippen LogP contribution in [0.1, 0.15) is 20.3 Å². The second-order valence-corrected chi connectivity index (χ2v) is 2.39. The number of ether oxygens (including phenoxy) is 1. The van der Waals surface area contributed by atoms with Gasteiger partial charge in [0.05, 0.1) is 6.10 Å². The molecule has 0 aromatic heterocycles. The molecule has 0 aliphatic heterocycles. The number of aliphatic hydroxyl groups is 1. The molecule has 0 aliphatic carbocycles. The summed E-state index contributed by atoms with van der Waals surface area (Å²) in [6.45, 7) is 4.21. The van der Waals surface area contributed by atoms with Crippen LogP contribution >= 0.6 is 11.6 Å². The Balaban J connectivity index is 3.16. The van der Waals surface area contributed by atoms with Gasteiger partial charge in [-0.3, -0.25) is 0 Å². The Morgan fingerprint density at radius 2 is 2.22 bits per heavy atom. The first-order chi connectivity index (χ1) is 4.18. The van der Waals surface area contributed by atoms with Crippen LogP contribution in [-0.4, -0.2) is 23.4 Å². The van der Waals surface area contributed by atoms with E-state index < -0.39 is 11.7 Å². The van der Waals surface area contributed by atoms with E-state index in [1.165, 1.54) is 0 Å². The summed E-state index contributed by atoms with van der Waals surface area (Å²) in [6, 6.07) is 0. The van der Waals surface area contributed by atoms with Crippen molar-refractivity contribution in [2.24, 2.45) is 0 Å². The predicted octanol–water partition coefficient (Wildman–Crippen LogP) is 1.36. The largest absolute Gasteiger partial charge is 0.389 e. The third-order valence-electron chi connectivity index (χ3n) is 0.860. The normalized spacial score (nSPS) is 17.3. The third kappa shape index (κ3) is 4.70. The quantitative estimate of drug-likeness (QED) is 0.617. The van der Waals surface area contributed by atoms with E-state index in [4.69, 9.17) is 21.4 Å². The second-order valence-electron chi connectivity index (χ2n) is 1.96.